The first-order chi connectivity index (χ1) is 8.65. The number of carbonyl (C=O) groups excluding carboxylic acids is 1. The van der Waals surface area contributed by atoms with Crippen molar-refractivity contribution in [3.05, 3.63) is 47.7 Å². The Kier molecular flexibility index (Phi) is 3.43. The second-order valence-electron chi connectivity index (χ2n) is 3.92. The Labute approximate surface area is 105 Å². The Hall–Kier alpha value is -2.56. The largest absolute Gasteiger partial charge is 0.399 e. The van der Waals surface area contributed by atoms with Crippen LogP contribution in [-0.2, 0) is 4.79 Å². The molecule has 0 aliphatic rings. The molecule has 2 rings (SSSR count). The zero-order valence-corrected chi connectivity index (χ0v) is 9.97. The molecule has 0 saturated heterocycles. The lowest BCUT2D eigenvalue weighted by Gasteiger charge is -1.99. The van der Waals surface area contributed by atoms with E-state index in [9.17, 15) is 4.79 Å². The standard InChI is InChI=1S/C13H14N4O/c1-9-8-15-17-13(9)16-12(18)6-5-10-3-2-4-11(14)7-10/h2-8H,14H2,1H3,(H2,15,16,17,18)/b6-5+. The topological polar surface area (TPSA) is 83.8 Å². The Morgan fingerprint density at radius 3 is 3.00 bits per heavy atom. The van der Waals surface area contributed by atoms with Crippen molar-refractivity contribution in [3.63, 3.8) is 0 Å². The van der Waals surface area contributed by atoms with Gasteiger partial charge in [-0.1, -0.05) is 12.1 Å². The third-order valence-corrected chi connectivity index (χ3v) is 2.41. The number of aromatic amines is 1. The van der Waals surface area contributed by atoms with Crippen molar-refractivity contribution in [1.29, 1.82) is 0 Å². The lowest BCUT2D eigenvalue weighted by molar-refractivity contribution is -0.111. The van der Waals surface area contributed by atoms with Gasteiger partial charge in [0.05, 0.1) is 6.20 Å². The molecule has 5 heteroatoms. The van der Waals surface area contributed by atoms with Crippen LogP contribution in [0.25, 0.3) is 6.08 Å². The highest BCUT2D eigenvalue weighted by atomic mass is 16.1. The van der Waals surface area contributed by atoms with Gasteiger partial charge < -0.3 is 11.1 Å². The normalized spacial score (nSPS) is 10.7. The number of amides is 1. The van der Waals surface area contributed by atoms with Gasteiger partial charge in [0.1, 0.15) is 5.82 Å². The average Bonchev–Trinajstić information content (AvgIpc) is 2.73. The zero-order valence-electron chi connectivity index (χ0n) is 9.97. The van der Waals surface area contributed by atoms with Gasteiger partial charge in [0, 0.05) is 17.3 Å². The SMILES string of the molecule is Cc1cn[nH]c1NC(=O)/C=C/c1cccc(N)c1. The van der Waals surface area contributed by atoms with Crippen LogP contribution in [0, 0.1) is 6.92 Å². The van der Waals surface area contributed by atoms with Gasteiger partial charge in [-0.25, -0.2) is 0 Å². The molecular formula is C13H14N4O. The summed E-state index contributed by atoms with van der Waals surface area (Å²) in [5.41, 5.74) is 8.09. The van der Waals surface area contributed by atoms with Gasteiger partial charge in [0.2, 0.25) is 5.91 Å². The molecule has 1 aromatic carbocycles. The number of aromatic nitrogens is 2. The summed E-state index contributed by atoms with van der Waals surface area (Å²) in [6.45, 7) is 1.86. The number of nitrogens with zero attached hydrogens (tertiary/aromatic N) is 1. The van der Waals surface area contributed by atoms with Gasteiger partial charge in [-0.15, -0.1) is 0 Å². The summed E-state index contributed by atoms with van der Waals surface area (Å²) in [6, 6.07) is 7.31. The van der Waals surface area contributed by atoms with Crippen LogP contribution in [0.4, 0.5) is 11.5 Å². The van der Waals surface area contributed by atoms with Crippen molar-refractivity contribution >= 4 is 23.5 Å². The summed E-state index contributed by atoms with van der Waals surface area (Å²) in [6.07, 6.45) is 4.81. The number of nitrogen functional groups attached to an aromatic ring is 1. The minimum absolute atomic E-state index is 0.218. The predicted molar refractivity (Wildman–Crippen MR) is 71.8 cm³/mol. The van der Waals surface area contributed by atoms with Crippen LogP contribution in [0.3, 0.4) is 0 Å². The Morgan fingerprint density at radius 1 is 1.50 bits per heavy atom. The lowest BCUT2D eigenvalue weighted by Crippen LogP contribution is -2.08. The zero-order chi connectivity index (χ0) is 13.0. The van der Waals surface area contributed by atoms with Crippen molar-refractivity contribution in [2.75, 3.05) is 11.1 Å². The van der Waals surface area contributed by atoms with Crippen molar-refractivity contribution in [2.24, 2.45) is 0 Å². The summed E-state index contributed by atoms with van der Waals surface area (Å²) >= 11 is 0. The Bertz CT molecular complexity index is 586. The molecule has 18 heavy (non-hydrogen) atoms. The van der Waals surface area contributed by atoms with E-state index in [0.717, 1.165) is 11.1 Å². The van der Waals surface area contributed by atoms with Crippen LogP contribution in [0.1, 0.15) is 11.1 Å². The van der Waals surface area contributed by atoms with Gasteiger partial charge in [-0.05, 0) is 30.7 Å². The predicted octanol–water partition coefficient (Wildman–Crippen LogP) is 1.95. The van der Waals surface area contributed by atoms with E-state index >= 15 is 0 Å². The van der Waals surface area contributed by atoms with Crippen molar-refractivity contribution in [2.45, 2.75) is 6.92 Å². The molecule has 0 aliphatic carbocycles. The van der Waals surface area contributed by atoms with Gasteiger partial charge >= 0.3 is 0 Å². The van der Waals surface area contributed by atoms with Gasteiger partial charge in [-0.3, -0.25) is 9.89 Å². The second kappa shape index (κ2) is 5.18. The fourth-order valence-corrected chi connectivity index (χ4v) is 1.47. The molecule has 0 unspecified atom stereocenters. The molecule has 0 saturated carbocycles. The number of hydrogen-bond acceptors (Lipinski definition) is 3. The number of hydrogen-bond donors (Lipinski definition) is 3. The van der Waals surface area contributed by atoms with E-state index in [1.807, 2.05) is 19.1 Å². The minimum Gasteiger partial charge on any atom is -0.399 e. The second-order valence-corrected chi connectivity index (χ2v) is 3.92. The highest BCUT2D eigenvalue weighted by Crippen LogP contribution is 2.10. The summed E-state index contributed by atoms with van der Waals surface area (Å²) in [5.74, 6) is 0.391. The first-order valence-corrected chi connectivity index (χ1v) is 5.50. The number of benzene rings is 1. The van der Waals surface area contributed by atoms with E-state index < -0.39 is 0 Å². The van der Waals surface area contributed by atoms with Crippen LogP contribution < -0.4 is 11.1 Å². The van der Waals surface area contributed by atoms with Crippen LogP contribution in [-0.4, -0.2) is 16.1 Å². The molecule has 0 fully saturated rings. The highest BCUT2D eigenvalue weighted by Gasteiger charge is 2.02. The quantitative estimate of drug-likeness (QED) is 0.568. The fourth-order valence-electron chi connectivity index (χ4n) is 1.47. The van der Waals surface area contributed by atoms with E-state index in [1.165, 1.54) is 6.08 Å². The minimum atomic E-state index is -0.218. The van der Waals surface area contributed by atoms with Crippen molar-refractivity contribution < 1.29 is 4.79 Å². The molecule has 1 amide bonds. The molecule has 0 spiro atoms. The monoisotopic (exact) mass is 242 g/mol. The maximum atomic E-state index is 11.6. The molecule has 1 aromatic heterocycles. The number of aryl methyl sites for hydroxylation is 1. The van der Waals surface area contributed by atoms with E-state index in [4.69, 9.17) is 5.73 Å². The summed E-state index contributed by atoms with van der Waals surface area (Å²) in [4.78, 5) is 11.6. The number of carbonyl (C=O) groups is 1. The lowest BCUT2D eigenvalue weighted by atomic mass is 10.2. The smallest absolute Gasteiger partial charge is 0.249 e. The number of rotatable bonds is 3. The van der Waals surface area contributed by atoms with E-state index in [-0.39, 0.29) is 5.91 Å². The third-order valence-electron chi connectivity index (χ3n) is 2.41. The van der Waals surface area contributed by atoms with Gasteiger partial charge in [0.25, 0.3) is 0 Å². The summed E-state index contributed by atoms with van der Waals surface area (Å²) in [5, 5.41) is 9.23. The number of nitrogens with one attached hydrogen (secondary N) is 2. The van der Waals surface area contributed by atoms with Crippen LogP contribution in [0.15, 0.2) is 36.5 Å². The third kappa shape index (κ3) is 2.98. The van der Waals surface area contributed by atoms with Gasteiger partial charge in [0.15, 0.2) is 0 Å². The summed E-state index contributed by atoms with van der Waals surface area (Å²) < 4.78 is 0. The first-order valence-electron chi connectivity index (χ1n) is 5.50. The number of anilines is 2. The Morgan fingerprint density at radius 2 is 2.33 bits per heavy atom. The van der Waals surface area contributed by atoms with Crippen molar-refractivity contribution in [1.82, 2.24) is 10.2 Å². The molecule has 92 valence electrons. The molecule has 0 radical (unpaired) electrons. The molecule has 4 N–H and O–H groups in total. The maximum Gasteiger partial charge on any atom is 0.249 e. The summed E-state index contributed by atoms with van der Waals surface area (Å²) in [7, 11) is 0. The Balaban J connectivity index is 2.01. The van der Waals surface area contributed by atoms with Crippen molar-refractivity contribution in [3.8, 4) is 0 Å². The first kappa shape index (κ1) is 11.9. The number of H-pyrrole nitrogens is 1. The molecule has 2 aromatic rings. The van der Waals surface area contributed by atoms with E-state index in [0.29, 0.717) is 11.5 Å². The highest BCUT2D eigenvalue weighted by molar-refractivity contribution is 6.01. The van der Waals surface area contributed by atoms with Crippen LogP contribution in [0.2, 0.25) is 0 Å². The number of nitrogens with two attached hydrogens (primary N) is 1. The van der Waals surface area contributed by atoms with E-state index in [2.05, 4.69) is 15.5 Å². The molecule has 0 atom stereocenters. The van der Waals surface area contributed by atoms with Crippen LogP contribution in [0.5, 0.6) is 0 Å². The molecular weight excluding hydrogens is 228 g/mol. The van der Waals surface area contributed by atoms with E-state index in [1.54, 1.807) is 24.4 Å². The van der Waals surface area contributed by atoms with Crippen LogP contribution >= 0.6 is 0 Å². The molecule has 0 aliphatic heterocycles. The fraction of sp³-hybridized carbons (Fsp3) is 0.0769. The molecule has 5 nitrogen and oxygen atoms in total. The molecule has 0 bridgehead atoms. The average molecular weight is 242 g/mol. The van der Waals surface area contributed by atoms with Gasteiger partial charge in [-0.2, -0.15) is 5.10 Å². The molecule has 1 heterocycles. The maximum absolute atomic E-state index is 11.6.